The lowest BCUT2D eigenvalue weighted by Crippen LogP contribution is -2.53. The van der Waals surface area contributed by atoms with Gasteiger partial charge in [0.25, 0.3) is 0 Å². The van der Waals surface area contributed by atoms with E-state index in [1.54, 1.807) is 0 Å². The average Bonchev–Trinajstić information content (AvgIpc) is 3.08. The molecule has 33 heavy (non-hydrogen) atoms. The van der Waals surface area contributed by atoms with Gasteiger partial charge in [-0.15, -0.1) is 11.3 Å². The number of carboxylic acids is 1. The molecular weight excluding hydrogens is 453 g/mol. The SMILES string of the molecule is CC[C@@]1(C(=O)O)C[C@@H](C(C)(C)C)CN(Cc2sc(-c3cc(F)ccc3OC(F)F)nc2C)C1. The van der Waals surface area contributed by atoms with Crippen LogP contribution in [0.25, 0.3) is 10.6 Å². The molecule has 2 heterocycles. The molecule has 1 aliphatic rings. The van der Waals surface area contributed by atoms with E-state index in [0.29, 0.717) is 36.6 Å². The Labute approximate surface area is 196 Å². The summed E-state index contributed by atoms with van der Waals surface area (Å²) in [5.41, 5.74) is 0.0103. The summed E-state index contributed by atoms with van der Waals surface area (Å²) >= 11 is 1.29. The highest BCUT2D eigenvalue weighted by molar-refractivity contribution is 7.15. The minimum Gasteiger partial charge on any atom is -0.481 e. The predicted molar refractivity (Wildman–Crippen MR) is 122 cm³/mol. The molecule has 1 N–H and O–H groups in total. The summed E-state index contributed by atoms with van der Waals surface area (Å²) in [5.74, 6) is -1.28. The van der Waals surface area contributed by atoms with Crippen molar-refractivity contribution in [3.8, 4) is 16.3 Å². The Balaban J connectivity index is 1.92. The van der Waals surface area contributed by atoms with Gasteiger partial charge in [-0.1, -0.05) is 27.7 Å². The van der Waals surface area contributed by atoms with Crippen LogP contribution in [0, 0.1) is 29.5 Å². The molecule has 3 rings (SSSR count). The molecule has 2 atom stereocenters. The molecule has 182 valence electrons. The van der Waals surface area contributed by atoms with Crippen LogP contribution in [0.3, 0.4) is 0 Å². The van der Waals surface area contributed by atoms with Crippen molar-refractivity contribution in [2.45, 2.75) is 60.6 Å². The second kappa shape index (κ2) is 9.62. The van der Waals surface area contributed by atoms with Crippen LogP contribution >= 0.6 is 11.3 Å². The van der Waals surface area contributed by atoms with Gasteiger partial charge in [-0.3, -0.25) is 9.69 Å². The Kier molecular flexibility index (Phi) is 7.43. The number of benzene rings is 1. The molecule has 1 fully saturated rings. The Morgan fingerprint density at radius 2 is 2.09 bits per heavy atom. The maximum absolute atomic E-state index is 13.9. The van der Waals surface area contributed by atoms with Gasteiger partial charge >= 0.3 is 12.6 Å². The van der Waals surface area contributed by atoms with Crippen molar-refractivity contribution < 1.29 is 27.8 Å². The number of aryl methyl sites for hydroxylation is 1. The number of alkyl halides is 2. The number of nitrogens with zero attached hydrogens (tertiary/aromatic N) is 2. The molecule has 1 saturated heterocycles. The van der Waals surface area contributed by atoms with Gasteiger partial charge in [-0.25, -0.2) is 9.37 Å². The van der Waals surface area contributed by atoms with Crippen molar-refractivity contribution >= 4 is 17.3 Å². The highest BCUT2D eigenvalue weighted by Crippen LogP contribution is 2.44. The Hall–Kier alpha value is -2.13. The number of rotatable bonds is 7. The lowest BCUT2D eigenvalue weighted by Gasteiger charge is -2.47. The van der Waals surface area contributed by atoms with Crippen molar-refractivity contribution in [2.75, 3.05) is 13.1 Å². The minimum atomic E-state index is -3.03. The predicted octanol–water partition coefficient (Wildman–Crippen LogP) is 6.21. The second-order valence-electron chi connectivity index (χ2n) is 9.92. The number of aromatic nitrogens is 1. The van der Waals surface area contributed by atoms with Crippen molar-refractivity contribution in [3.05, 3.63) is 34.6 Å². The van der Waals surface area contributed by atoms with Gasteiger partial charge in [-0.05, 0) is 49.3 Å². The number of hydrogen-bond donors (Lipinski definition) is 1. The van der Waals surface area contributed by atoms with Crippen LogP contribution in [0.5, 0.6) is 5.75 Å². The zero-order valence-corrected chi connectivity index (χ0v) is 20.4. The van der Waals surface area contributed by atoms with Crippen molar-refractivity contribution in [3.63, 3.8) is 0 Å². The molecule has 5 nitrogen and oxygen atoms in total. The molecule has 1 aromatic heterocycles. The molecule has 1 aromatic carbocycles. The number of halogens is 3. The molecule has 0 radical (unpaired) electrons. The number of carboxylic acid groups (broad SMARTS) is 1. The molecule has 0 saturated carbocycles. The van der Waals surface area contributed by atoms with E-state index in [9.17, 15) is 23.1 Å². The van der Waals surface area contributed by atoms with Crippen LogP contribution in [0.2, 0.25) is 0 Å². The average molecular weight is 485 g/mol. The number of likely N-dealkylation sites (tertiary alicyclic amines) is 1. The van der Waals surface area contributed by atoms with Crippen LogP contribution in [-0.2, 0) is 11.3 Å². The Morgan fingerprint density at radius 1 is 1.39 bits per heavy atom. The van der Waals surface area contributed by atoms with Gasteiger partial charge in [0.15, 0.2) is 0 Å². The lowest BCUT2D eigenvalue weighted by molar-refractivity contribution is -0.156. The molecular formula is C24H31F3N2O3S. The zero-order valence-electron chi connectivity index (χ0n) is 19.6. The topological polar surface area (TPSA) is 62.7 Å². The van der Waals surface area contributed by atoms with Gasteiger partial charge < -0.3 is 9.84 Å². The maximum Gasteiger partial charge on any atom is 0.387 e. The Bertz CT molecular complexity index is 1010. The molecule has 2 aromatic rings. The molecule has 0 spiro atoms. The third-order valence-electron chi connectivity index (χ3n) is 6.65. The van der Waals surface area contributed by atoms with E-state index in [1.807, 2.05) is 13.8 Å². The summed E-state index contributed by atoms with van der Waals surface area (Å²) in [6.45, 7) is 8.78. The number of piperidine rings is 1. The summed E-state index contributed by atoms with van der Waals surface area (Å²) < 4.78 is 44.1. The first-order valence-corrected chi connectivity index (χ1v) is 11.8. The maximum atomic E-state index is 13.9. The van der Waals surface area contributed by atoms with E-state index >= 15 is 0 Å². The molecule has 0 bridgehead atoms. The van der Waals surface area contributed by atoms with Gasteiger partial charge in [0.05, 0.1) is 16.7 Å². The number of thiazole rings is 1. The highest BCUT2D eigenvalue weighted by Gasteiger charge is 2.47. The quantitative estimate of drug-likeness (QED) is 0.506. The van der Waals surface area contributed by atoms with E-state index < -0.39 is 23.8 Å². The first kappa shape index (κ1) is 25.5. The first-order valence-electron chi connectivity index (χ1n) is 11.0. The zero-order chi connectivity index (χ0) is 24.6. The standard InChI is InChI=1S/C24H31F3N2O3S/c1-6-24(21(30)31)10-15(23(3,4)5)11-29(13-24)12-19-14(2)28-20(33-19)17-9-16(25)7-8-18(17)32-22(26)27/h7-9,15,22H,6,10-13H2,1-5H3,(H,30,31)/t15-,24-/m1/s1. The normalized spacial score (nSPS) is 22.0. The van der Waals surface area contributed by atoms with E-state index in [4.69, 9.17) is 0 Å². The van der Waals surface area contributed by atoms with E-state index in [1.165, 1.54) is 17.4 Å². The van der Waals surface area contributed by atoms with Crippen molar-refractivity contribution in [1.82, 2.24) is 9.88 Å². The number of aliphatic carboxylic acids is 1. The summed E-state index contributed by atoms with van der Waals surface area (Å²) in [7, 11) is 0. The number of ether oxygens (including phenoxy) is 1. The summed E-state index contributed by atoms with van der Waals surface area (Å²) in [6, 6.07) is 3.39. The first-order chi connectivity index (χ1) is 15.3. The highest BCUT2D eigenvalue weighted by atomic mass is 32.1. The second-order valence-corrected chi connectivity index (χ2v) is 11.0. The van der Waals surface area contributed by atoms with E-state index in [2.05, 4.69) is 35.4 Å². The molecule has 9 heteroatoms. The van der Waals surface area contributed by atoms with Gasteiger partial charge in [-0.2, -0.15) is 8.78 Å². The monoisotopic (exact) mass is 484 g/mol. The number of carbonyl (C=O) groups is 1. The van der Waals surface area contributed by atoms with Crippen LogP contribution in [0.15, 0.2) is 18.2 Å². The smallest absolute Gasteiger partial charge is 0.387 e. The van der Waals surface area contributed by atoms with E-state index in [-0.39, 0.29) is 22.6 Å². The molecule has 1 aliphatic heterocycles. The van der Waals surface area contributed by atoms with Crippen LogP contribution < -0.4 is 4.74 Å². The fraction of sp³-hybridized carbons (Fsp3) is 0.583. The van der Waals surface area contributed by atoms with Gasteiger partial charge in [0, 0.05) is 24.5 Å². The van der Waals surface area contributed by atoms with Crippen LogP contribution in [0.1, 0.15) is 51.1 Å². The molecule has 0 amide bonds. The van der Waals surface area contributed by atoms with Gasteiger partial charge in [0.2, 0.25) is 0 Å². The van der Waals surface area contributed by atoms with Gasteiger partial charge in [0.1, 0.15) is 16.6 Å². The lowest BCUT2D eigenvalue weighted by atomic mass is 9.66. The molecule has 0 aliphatic carbocycles. The Morgan fingerprint density at radius 3 is 2.67 bits per heavy atom. The third kappa shape index (κ3) is 5.69. The summed E-state index contributed by atoms with van der Waals surface area (Å²) in [6.07, 6.45) is 1.17. The summed E-state index contributed by atoms with van der Waals surface area (Å²) in [4.78, 5) is 19.8. The van der Waals surface area contributed by atoms with Crippen LogP contribution in [0.4, 0.5) is 13.2 Å². The molecule has 0 unspecified atom stereocenters. The third-order valence-corrected chi connectivity index (χ3v) is 7.82. The fourth-order valence-corrected chi connectivity index (χ4v) is 5.55. The van der Waals surface area contributed by atoms with Crippen LogP contribution in [-0.4, -0.2) is 40.7 Å². The number of hydrogen-bond acceptors (Lipinski definition) is 5. The largest absolute Gasteiger partial charge is 0.481 e. The van der Waals surface area contributed by atoms with E-state index in [0.717, 1.165) is 23.6 Å². The minimum absolute atomic E-state index is 0.0501. The van der Waals surface area contributed by atoms with Crippen molar-refractivity contribution in [2.24, 2.45) is 16.7 Å². The summed E-state index contributed by atoms with van der Waals surface area (Å²) in [5, 5.41) is 10.4. The van der Waals surface area contributed by atoms with Crippen molar-refractivity contribution in [1.29, 1.82) is 0 Å². The fourth-order valence-electron chi connectivity index (χ4n) is 4.43.